The second-order valence-electron chi connectivity index (χ2n) is 3.97. The van der Waals surface area contributed by atoms with Crippen molar-refractivity contribution in [2.24, 2.45) is 5.92 Å². The molecular weight excluding hydrogens is 240 g/mol. The van der Waals surface area contributed by atoms with Crippen molar-refractivity contribution in [3.05, 3.63) is 34.6 Å². The van der Waals surface area contributed by atoms with Gasteiger partial charge in [-0.1, -0.05) is 6.08 Å². The van der Waals surface area contributed by atoms with Gasteiger partial charge in [0, 0.05) is 35.4 Å². The quantitative estimate of drug-likeness (QED) is 0.827. The van der Waals surface area contributed by atoms with Crippen LogP contribution in [0.4, 0.5) is 0 Å². The third kappa shape index (κ3) is 1.31. The summed E-state index contributed by atoms with van der Waals surface area (Å²) in [7, 11) is 0. The van der Waals surface area contributed by atoms with E-state index in [-0.39, 0.29) is 0 Å². The normalized spacial score (nSPS) is 29.4. The lowest BCUT2D eigenvalue weighted by Crippen LogP contribution is -2.49. The van der Waals surface area contributed by atoms with Gasteiger partial charge in [-0.05, 0) is 39.6 Å². The molecule has 0 saturated carbocycles. The molecule has 2 aliphatic rings. The van der Waals surface area contributed by atoms with Crippen LogP contribution in [0.1, 0.15) is 12.0 Å². The Kier molecular flexibility index (Phi) is 1.96. The predicted octanol–water partition coefficient (Wildman–Crippen LogP) is 2.22. The molecule has 3 rings (SSSR count). The van der Waals surface area contributed by atoms with Crippen LogP contribution >= 0.6 is 15.9 Å². The fourth-order valence-corrected chi connectivity index (χ4v) is 2.55. The van der Waals surface area contributed by atoms with Crippen molar-refractivity contribution in [2.75, 3.05) is 6.54 Å². The number of fused-ring (bicyclic) bond motifs is 1. The molecule has 0 unspecified atom stereocenters. The average Bonchev–Trinajstić information content (AvgIpc) is 2.43. The van der Waals surface area contributed by atoms with Gasteiger partial charge in [-0.15, -0.1) is 0 Å². The number of hydrogen-bond donors (Lipinski definition) is 1. The summed E-state index contributed by atoms with van der Waals surface area (Å²) in [5, 5.41) is 3.44. The lowest BCUT2D eigenvalue weighted by Gasteiger charge is -2.31. The average molecular weight is 251 g/mol. The topological polar surface area (TPSA) is 24.9 Å². The van der Waals surface area contributed by atoms with Crippen molar-refractivity contribution in [3.8, 4) is 0 Å². The molecule has 14 heavy (non-hydrogen) atoms. The van der Waals surface area contributed by atoms with E-state index in [1.54, 1.807) is 0 Å². The number of nitrogens with zero attached hydrogens (tertiary/aromatic N) is 1. The first-order valence-corrected chi connectivity index (χ1v) is 5.67. The van der Waals surface area contributed by atoms with Gasteiger partial charge in [0.25, 0.3) is 0 Å². The summed E-state index contributed by atoms with van der Waals surface area (Å²) < 4.78 is 1.06. The van der Waals surface area contributed by atoms with E-state index in [4.69, 9.17) is 0 Å². The fourth-order valence-electron chi connectivity index (χ4n) is 2.18. The minimum Gasteiger partial charge on any atom is -0.312 e. The Bertz CT molecular complexity index is 400. The van der Waals surface area contributed by atoms with Crippen LogP contribution in [0.3, 0.4) is 0 Å². The maximum atomic E-state index is 4.19. The molecule has 1 fully saturated rings. The molecule has 0 amide bonds. The van der Waals surface area contributed by atoms with E-state index in [1.807, 2.05) is 12.4 Å². The lowest BCUT2D eigenvalue weighted by atomic mass is 9.95. The summed E-state index contributed by atoms with van der Waals surface area (Å²) in [6, 6.07) is 2.84. The predicted molar refractivity (Wildman–Crippen MR) is 59.8 cm³/mol. The van der Waals surface area contributed by atoms with Gasteiger partial charge in [0.2, 0.25) is 0 Å². The van der Waals surface area contributed by atoms with Gasteiger partial charge in [0.1, 0.15) is 0 Å². The Morgan fingerprint density at radius 2 is 2.36 bits per heavy atom. The third-order valence-corrected chi connectivity index (χ3v) is 3.50. The molecular formula is C11H11BrN2. The fraction of sp³-hybridized carbons (Fsp3) is 0.364. The first-order chi connectivity index (χ1) is 6.83. The molecule has 1 saturated heterocycles. The number of hydrogen-bond acceptors (Lipinski definition) is 2. The van der Waals surface area contributed by atoms with Crippen LogP contribution in [-0.4, -0.2) is 17.6 Å². The van der Waals surface area contributed by atoms with E-state index in [0.717, 1.165) is 23.4 Å². The first kappa shape index (κ1) is 8.62. The van der Waals surface area contributed by atoms with Gasteiger partial charge < -0.3 is 5.32 Å². The van der Waals surface area contributed by atoms with Crippen molar-refractivity contribution < 1.29 is 0 Å². The van der Waals surface area contributed by atoms with Crippen LogP contribution < -0.4 is 5.32 Å². The summed E-state index contributed by atoms with van der Waals surface area (Å²) >= 11 is 3.45. The van der Waals surface area contributed by atoms with Crippen molar-refractivity contribution in [1.82, 2.24) is 10.3 Å². The lowest BCUT2D eigenvalue weighted by molar-refractivity contribution is 0.306. The Balaban J connectivity index is 1.92. The minimum absolute atomic E-state index is 0.698. The molecule has 1 aliphatic heterocycles. The van der Waals surface area contributed by atoms with Gasteiger partial charge in [0.05, 0.1) is 0 Å². The van der Waals surface area contributed by atoms with Crippen LogP contribution in [-0.2, 0) is 0 Å². The van der Waals surface area contributed by atoms with Gasteiger partial charge in [-0.2, -0.15) is 0 Å². The Hall–Kier alpha value is -0.670. The maximum Gasteiger partial charge on any atom is 0.0410 e. The Morgan fingerprint density at radius 1 is 1.43 bits per heavy atom. The second-order valence-corrected chi connectivity index (χ2v) is 4.88. The highest BCUT2D eigenvalue weighted by Crippen LogP contribution is 2.36. The van der Waals surface area contributed by atoms with E-state index < -0.39 is 0 Å². The third-order valence-electron chi connectivity index (χ3n) is 3.06. The number of aromatic nitrogens is 1. The van der Waals surface area contributed by atoms with Gasteiger partial charge in [0.15, 0.2) is 0 Å². The molecule has 2 nitrogen and oxygen atoms in total. The van der Waals surface area contributed by atoms with E-state index in [1.165, 1.54) is 11.1 Å². The van der Waals surface area contributed by atoms with Crippen LogP contribution in [0, 0.1) is 5.92 Å². The zero-order chi connectivity index (χ0) is 9.54. The highest BCUT2D eigenvalue weighted by atomic mass is 79.9. The number of halogens is 1. The maximum absolute atomic E-state index is 4.19. The summed E-state index contributed by atoms with van der Waals surface area (Å²) in [4.78, 5) is 4.19. The van der Waals surface area contributed by atoms with Gasteiger partial charge >= 0.3 is 0 Å². The van der Waals surface area contributed by atoms with Crippen molar-refractivity contribution in [1.29, 1.82) is 0 Å². The number of pyridine rings is 1. The molecule has 0 aromatic carbocycles. The van der Waals surface area contributed by atoms with E-state index in [9.17, 15) is 0 Å². The zero-order valence-corrected chi connectivity index (χ0v) is 9.29. The van der Waals surface area contributed by atoms with Crippen LogP contribution in [0.15, 0.2) is 29.0 Å². The summed E-state index contributed by atoms with van der Waals surface area (Å²) in [6.07, 6.45) is 7.32. The monoisotopic (exact) mass is 250 g/mol. The molecule has 0 radical (unpaired) electrons. The summed E-state index contributed by atoms with van der Waals surface area (Å²) in [6.45, 7) is 1.15. The van der Waals surface area contributed by atoms with E-state index in [2.05, 4.69) is 38.4 Å². The van der Waals surface area contributed by atoms with Crippen LogP contribution in [0.25, 0.3) is 5.57 Å². The van der Waals surface area contributed by atoms with Crippen LogP contribution in [0.2, 0.25) is 0 Å². The first-order valence-electron chi connectivity index (χ1n) is 4.88. The van der Waals surface area contributed by atoms with Gasteiger partial charge in [-0.25, -0.2) is 0 Å². The molecule has 1 aliphatic carbocycles. The Morgan fingerprint density at radius 3 is 2.93 bits per heavy atom. The zero-order valence-electron chi connectivity index (χ0n) is 7.70. The molecule has 2 atom stereocenters. The smallest absolute Gasteiger partial charge is 0.0410 e. The van der Waals surface area contributed by atoms with Crippen LogP contribution in [0.5, 0.6) is 0 Å². The van der Waals surface area contributed by atoms with Gasteiger partial charge in [-0.3, -0.25) is 4.98 Å². The molecule has 1 N–H and O–H groups in total. The number of nitrogens with one attached hydrogen (secondary N) is 1. The van der Waals surface area contributed by atoms with E-state index >= 15 is 0 Å². The molecule has 3 heteroatoms. The van der Waals surface area contributed by atoms with Crippen molar-refractivity contribution in [2.45, 2.75) is 12.5 Å². The second kappa shape index (κ2) is 3.17. The Labute approximate surface area is 91.6 Å². The minimum atomic E-state index is 0.698. The summed E-state index contributed by atoms with van der Waals surface area (Å²) in [5.74, 6) is 0.768. The molecule has 1 aromatic rings. The molecule has 72 valence electrons. The summed E-state index contributed by atoms with van der Waals surface area (Å²) in [5.41, 5.74) is 2.70. The van der Waals surface area contributed by atoms with Crippen molar-refractivity contribution >= 4 is 21.5 Å². The van der Waals surface area contributed by atoms with E-state index in [0.29, 0.717) is 6.04 Å². The molecule has 1 aromatic heterocycles. The molecule has 0 bridgehead atoms. The number of rotatable bonds is 1. The highest BCUT2D eigenvalue weighted by molar-refractivity contribution is 9.10. The molecule has 2 heterocycles. The largest absolute Gasteiger partial charge is 0.312 e. The molecule has 0 spiro atoms. The highest BCUT2D eigenvalue weighted by Gasteiger charge is 2.34. The standard InChI is InChI=1S/C11H11BrN2/c12-10-2-8(4-13-6-10)7-1-9-5-14-11(9)3-7/h1-2,4,6,9,11,14H,3,5H2/t9-,11-/m0/s1. The van der Waals surface area contributed by atoms with Crippen molar-refractivity contribution in [3.63, 3.8) is 0 Å². The SMILES string of the molecule is Brc1cncc(C2=C[C@H]3CN[C@H]3C2)c1.